The van der Waals surface area contributed by atoms with Crippen LogP contribution >= 0.6 is 23.7 Å². The quantitative estimate of drug-likeness (QED) is 0.935. The Morgan fingerprint density at radius 1 is 1.52 bits per heavy atom. The molecule has 0 amide bonds. The van der Waals surface area contributed by atoms with Gasteiger partial charge in [0.25, 0.3) is 0 Å². The number of rotatable bonds is 4. The van der Waals surface area contributed by atoms with E-state index in [1.807, 2.05) is 11.4 Å². The highest BCUT2D eigenvalue weighted by Crippen LogP contribution is 2.27. The SMILES string of the molecule is CC1CCCN(Cc2cc(-c3cccs3)on2)C1CN.Cl. The number of nitrogens with two attached hydrogens (primary N) is 1. The predicted octanol–water partition coefficient (Wildman–Crippen LogP) is 3.38. The number of hydrogen-bond acceptors (Lipinski definition) is 5. The monoisotopic (exact) mass is 327 g/mol. The number of nitrogens with zero attached hydrogens (tertiary/aromatic N) is 2. The van der Waals surface area contributed by atoms with Gasteiger partial charge in [0.1, 0.15) is 0 Å². The van der Waals surface area contributed by atoms with Crippen molar-refractivity contribution in [2.45, 2.75) is 32.4 Å². The average Bonchev–Trinajstić information content (AvgIpc) is 3.09. The molecule has 3 heterocycles. The van der Waals surface area contributed by atoms with Crippen molar-refractivity contribution in [3.63, 3.8) is 0 Å². The lowest BCUT2D eigenvalue weighted by molar-refractivity contribution is 0.0966. The predicted molar refractivity (Wildman–Crippen MR) is 88.7 cm³/mol. The minimum atomic E-state index is 0. The molecule has 0 saturated carbocycles. The first kappa shape index (κ1) is 16.5. The van der Waals surface area contributed by atoms with E-state index in [2.05, 4.69) is 29.1 Å². The molecule has 116 valence electrons. The molecule has 0 radical (unpaired) electrons. The number of halogens is 1. The molecule has 1 saturated heterocycles. The minimum absolute atomic E-state index is 0. The van der Waals surface area contributed by atoms with E-state index in [9.17, 15) is 0 Å². The standard InChI is InChI=1S/C15H21N3OS.ClH/c1-11-4-2-6-18(13(11)9-16)10-12-8-14(19-17-12)15-5-3-7-20-15;/h3,5,7-8,11,13H,2,4,6,9-10,16H2,1H3;1H. The van der Waals surface area contributed by atoms with Crippen molar-refractivity contribution in [1.82, 2.24) is 10.1 Å². The summed E-state index contributed by atoms with van der Waals surface area (Å²) in [5.74, 6) is 1.53. The molecule has 0 bridgehead atoms. The van der Waals surface area contributed by atoms with Crippen LogP contribution in [0.5, 0.6) is 0 Å². The lowest BCUT2D eigenvalue weighted by atomic mass is 9.91. The van der Waals surface area contributed by atoms with E-state index in [-0.39, 0.29) is 12.4 Å². The molecule has 21 heavy (non-hydrogen) atoms. The Labute approximate surface area is 135 Å². The highest BCUT2D eigenvalue weighted by Gasteiger charge is 2.27. The molecular formula is C15H22ClN3OS. The normalized spacial score (nSPS) is 23.0. The summed E-state index contributed by atoms with van der Waals surface area (Å²) in [6.07, 6.45) is 2.52. The third-order valence-corrected chi connectivity index (χ3v) is 5.04. The summed E-state index contributed by atoms with van der Waals surface area (Å²) in [7, 11) is 0. The second-order valence-electron chi connectivity index (χ2n) is 5.55. The summed E-state index contributed by atoms with van der Waals surface area (Å²) in [6, 6.07) is 6.60. The topological polar surface area (TPSA) is 55.3 Å². The van der Waals surface area contributed by atoms with Gasteiger partial charge >= 0.3 is 0 Å². The fourth-order valence-corrected chi connectivity index (χ4v) is 3.71. The van der Waals surface area contributed by atoms with Gasteiger partial charge in [0.05, 0.1) is 10.6 Å². The number of piperidine rings is 1. The van der Waals surface area contributed by atoms with Gasteiger partial charge in [0.2, 0.25) is 0 Å². The largest absolute Gasteiger partial charge is 0.355 e. The lowest BCUT2D eigenvalue weighted by Gasteiger charge is -2.38. The Morgan fingerprint density at radius 3 is 3.10 bits per heavy atom. The van der Waals surface area contributed by atoms with E-state index in [0.29, 0.717) is 12.0 Å². The van der Waals surface area contributed by atoms with E-state index in [1.165, 1.54) is 12.8 Å². The first-order chi connectivity index (χ1) is 9.78. The highest BCUT2D eigenvalue weighted by molar-refractivity contribution is 7.13. The van der Waals surface area contributed by atoms with Crippen LogP contribution in [0.15, 0.2) is 28.1 Å². The molecule has 1 aliphatic heterocycles. The fourth-order valence-electron chi connectivity index (χ4n) is 3.04. The number of hydrogen-bond donors (Lipinski definition) is 1. The van der Waals surface area contributed by atoms with Gasteiger partial charge in [0, 0.05) is 25.2 Å². The third kappa shape index (κ3) is 3.66. The highest BCUT2D eigenvalue weighted by atomic mass is 35.5. The molecule has 2 N–H and O–H groups in total. The van der Waals surface area contributed by atoms with Crippen LogP contribution in [0.2, 0.25) is 0 Å². The summed E-state index contributed by atoms with van der Waals surface area (Å²) in [5.41, 5.74) is 6.94. The summed E-state index contributed by atoms with van der Waals surface area (Å²) in [6.45, 7) is 4.95. The van der Waals surface area contributed by atoms with Crippen LogP contribution in [0.3, 0.4) is 0 Å². The molecule has 1 fully saturated rings. The maximum Gasteiger partial charge on any atom is 0.177 e. The van der Waals surface area contributed by atoms with Gasteiger partial charge in [-0.1, -0.05) is 18.1 Å². The van der Waals surface area contributed by atoms with Crippen LogP contribution in [0.25, 0.3) is 10.6 Å². The summed E-state index contributed by atoms with van der Waals surface area (Å²) in [4.78, 5) is 3.58. The molecule has 2 unspecified atom stereocenters. The third-order valence-electron chi connectivity index (χ3n) is 4.16. The van der Waals surface area contributed by atoms with Crippen molar-refractivity contribution in [3.05, 3.63) is 29.3 Å². The van der Waals surface area contributed by atoms with Crippen LogP contribution < -0.4 is 5.73 Å². The zero-order valence-corrected chi connectivity index (χ0v) is 13.8. The second-order valence-corrected chi connectivity index (χ2v) is 6.50. The van der Waals surface area contributed by atoms with E-state index in [1.54, 1.807) is 11.3 Å². The van der Waals surface area contributed by atoms with Crippen LogP contribution in [-0.2, 0) is 6.54 Å². The molecule has 2 atom stereocenters. The Morgan fingerprint density at radius 2 is 2.38 bits per heavy atom. The Bertz CT molecular complexity index is 543. The van der Waals surface area contributed by atoms with Gasteiger partial charge in [0.15, 0.2) is 5.76 Å². The Balaban J connectivity index is 0.00000161. The van der Waals surface area contributed by atoms with Crippen molar-refractivity contribution in [3.8, 4) is 10.6 Å². The summed E-state index contributed by atoms with van der Waals surface area (Å²) < 4.78 is 5.45. The van der Waals surface area contributed by atoms with E-state index >= 15 is 0 Å². The molecule has 0 aliphatic carbocycles. The van der Waals surface area contributed by atoms with E-state index in [0.717, 1.165) is 36.0 Å². The minimum Gasteiger partial charge on any atom is -0.355 e. The number of aromatic nitrogens is 1. The van der Waals surface area contributed by atoms with Gasteiger partial charge < -0.3 is 10.3 Å². The molecular weight excluding hydrogens is 306 g/mol. The van der Waals surface area contributed by atoms with Crippen LogP contribution in [-0.4, -0.2) is 29.2 Å². The average molecular weight is 328 g/mol. The van der Waals surface area contributed by atoms with Gasteiger partial charge in [-0.05, 0) is 36.8 Å². The maximum atomic E-state index is 5.94. The van der Waals surface area contributed by atoms with Gasteiger partial charge in [-0.2, -0.15) is 0 Å². The van der Waals surface area contributed by atoms with Crippen LogP contribution in [0, 0.1) is 5.92 Å². The first-order valence-electron chi connectivity index (χ1n) is 7.21. The molecule has 0 aromatic carbocycles. The molecule has 6 heteroatoms. The zero-order valence-electron chi connectivity index (χ0n) is 12.2. The number of thiophene rings is 1. The van der Waals surface area contributed by atoms with Crippen molar-refractivity contribution in [1.29, 1.82) is 0 Å². The zero-order chi connectivity index (χ0) is 13.9. The van der Waals surface area contributed by atoms with Crippen molar-refractivity contribution < 1.29 is 4.52 Å². The van der Waals surface area contributed by atoms with Crippen molar-refractivity contribution >= 4 is 23.7 Å². The first-order valence-corrected chi connectivity index (χ1v) is 8.09. The smallest absolute Gasteiger partial charge is 0.177 e. The van der Waals surface area contributed by atoms with Crippen LogP contribution in [0.4, 0.5) is 0 Å². The second kappa shape index (κ2) is 7.40. The van der Waals surface area contributed by atoms with Crippen molar-refractivity contribution in [2.24, 2.45) is 11.7 Å². The Kier molecular flexibility index (Phi) is 5.81. The van der Waals surface area contributed by atoms with E-state index in [4.69, 9.17) is 10.3 Å². The molecule has 2 aromatic rings. The Hall–Kier alpha value is -0.880. The molecule has 2 aromatic heterocycles. The van der Waals surface area contributed by atoms with E-state index < -0.39 is 0 Å². The summed E-state index contributed by atoms with van der Waals surface area (Å²) in [5, 5.41) is 6.26. The molecule has 0 spiro atoms. The fraction of sp³-hybridized carbons (Fsp3) is 0.533. The molecule has 1 aliphatic rings. The maximum absolute atomic E-state index is 5.94. The molecule has 3 rings (SSSR count). The number of likely N-dealkylation sites (tertiary alicyclic amines) is 1. The van der Waals surface area contributed by atoms with Crippen LogP contribution in [0.1, 0.15) is 25.5 Å². The van der Waals surface area contributed by atoms with Gasteiger partial charge in [-0.25, -0.2) is 0 Å². The van der Waals surface area contributed by atoms with Crippen molar-refractivity contribution in [2.75, 3.05) is 13.1 Å². The van der Waals surface area contributed by atoms with Gasteiger partial charge in [-0.3, -0.25) is 4.90 Å². The lowest BCUT2D eigenvalue weighted by Crippen LogP contribution is -2.48. The van der Waals surface area contributed by atoms with Gasteiger partial charge in [-0.15, -0.1) is 23.7 Å². The summed E-state index contributed by atoms with van der Waals surface area (Å²) >= 11 is 1.67. The molecule has 4 nitrogen and oxygen atoms in total.